The van der Waals surface area contributed by atoms with Gasteiger partial charge in [-0.1, -0.05) is 12.1 Å². The SMILES string of the molecule is COc1ccc2c3c([nH]c2c1)C1COCC(=O)N1CC31CCN(C(=O)Nc2ccccc2F)CC1. The molecule has 35 heavy (non-hydrogen) atoms. The Balaban J connectivity index is 1.33. The fourth-order valence-electron chi connectivity index (χ4n) is 5.90. The van der Waals surface area contributed by atoms with Gasteiger partial charge in [-0.2, -0.15) is 0 Å². The van der Waals surface area contributed by atoms with Crippen molar-refractivity contribution < 1.29 is 23.5 Å². The number of nitrogens with zero attached hydrogens (tertiary/aromatic N) is 2. The van der Waals surface area contributed by atoms with Gasteiger partial charge in [-0.05, 0) is 42.7 Å². The zero-order valence-corrected chi connectivity index (χ0v) is 19.5. The first-order valence-corrected chi connectivity index (χ1v) is 11.9. The Labute approximate surface area is 202 Å². The Kier molecular flexibility index (Phi) is 5.17. The highest BCUT2D eigenvalue weighted by atomic mass is 19.1. The summed E-state index contributed by atoms with van der Waals surface area (Å²) in [7, 11) is 1.64. The maximum atomic E-state index is 14.0. The van der Waals surface area contributed by atoms with Crippen LogP contribution in [0.3, 0.4) is 0 Å². The summed E-state index contributed by atoms with van der Waals surface area (Å²) in [5.74, 6) is 0.289. The molecule has 0 radical (unpaired) electrons. The van der Waals surface area contributed by atoms with Crippen LogP contribution in [0.2, 0.25) is 0 Å². The molecule has 2 aromatic carbocycles. The van der Waals surface area contributed by atoms with Crippen LogP contribution in [0.15, 0.2) is 42.5 Å². The van der Waals surface area contributed by atoms with Crippen LogP contribution in [0.5, 0.6) is 5.75 Å². The van der Waals surface area contributed by atoms with E-state index in [2.05, 4.69) is 16.4 Å². The highest BCUT2D eigenvalue weighted by Crippen LogP contribution is 2.49. The number of nitrogens with one attached hydrogen (secondary N) is 2. The number of piperidine rings is 1. The number of H-pyrrole nitrogens is 1. The number of carbonyl (C=O) groups excluding carboxylic acids is 2. The smallest absolute Gasteiger partial charge is 0.321 e. The van der Waals surface area contributed by atoms with Crippen LogP contribution in [0.25, 0.3) is 10.9 Å². The molecule has 2 N–H and O–H groups in total. The second-order valence-corrected chi connectivity index (χ2v) is 9.56. The van der Waals surface area contributed by atoms with Gasteiger partial charge in [0.2, 0.25) is 5.91 Å². The fraction of sp³-hybridized carbons (Fsp3) is 0.385. The van der Waals surface area contributed by atoms with Gasteiger partial charge in [-0.25, -0.2) is 9.18 Å². The van der Waals surface area contributed by atoms with Gasteiger partial charge in [0, 0.05) is 47.7 Å². The highest BCUT2D eigenvalue weighted by Gasteiger charge is 2.50. The predicted octanol–water partition coefficient (Wildman–Crippen LogP) is 3.79. The molecular weight excluding hydrogens is 451 g/mol. The molecule has 1 aromatic heterocycles. The normalized spacial score (nSPS) is 21.1. The summed E-state index contributed by atoms with van der Waals surface area (Å²) >= 11 is 0. The number of hydrogen-bond donors (Lipinski definition) is 2. The third-order valence-corrected chi connectivity index (χ3v) is 7.69. The summed E-state index contributed by atoms with van der Waals surface area (Å²) in [5, 5.41) is 3.80. The molecule has 6 rings (SSSR count). The number of hydrogen-bond acceptors (Lipinski definition) is 4. The summed E-state index contributed by atoms with van der Waals surface area (Å²) in [5.41, 5.74) is 3.07. The molecule has 0 saturated carbocycles. The van der Waals surface area contributed by atoms with E-state index in [1.807, 2.05) is 17.0 Å². The van der Waals surface area contributed by atoms with E-state index in [4.69, 9.17) is 9.47 Å². The molecule has 8 nitrogen and oxygen atoms in total. The number of rotatable bonds is 2. The third-order valence-electron chi connectivity index (χ3n) is 7.69. The Bertz CT molecular complexity index is 1310. The molecule has 3 amide bonds. The van der Waals surface area contributed by atoms with Crippen molar-refractivity contribution in [3.05, 3.63) is 59.5 Å². The highest BCUT2D eigenvalue weighted by molar-refractivity contribution is 5.91. The summed E-state index contributed by atoms with van der Waals surface area (Å²) in [4.78, 5) is 33.0. The van der Waals surface area contributed by atoms with Gasteiger partial charge >= 0.3 is 6.03 Å². The molecule has 1 atom stereocenters. The van der Waals surface area contributed by atoms with Crippen LogP contribution in [0, 0.1) is 5.82 Å². The number of aromatic nitrogens is 1. The summed E-state index contributed by atoms with van der Waals surface area (Å²) in [6.45, 7) is 2.15. The van der Waals surface area contributed by atoms with E-state index in [9.17, 15) is 14.0 Å². The lowest BCUT2D eigenvalue weighted by Gasteiger charge is -2.51. The number of likely N-dealkylation sites (tertiary alicyclic amines) is 1. The minimum Gasteiger partial charge on any atom is -0.497 e. The molecule has 2 fully saturated rings. The maximum absolute atomic E-state index is 14.0. The molecule has 4 heterocycles. The first-order chi connectivity index (χ1) is 17.0. The average molecular weight is 479 g/mol. The molecule has 3 aliphatic rings. The number of aromatic amines is 1. The van der Waals surface area contributed by atoms with E-state index >= 15 is 0 Å². The Morgan fingerprint density at radius 3 is 2.80 bits per heavy atom. The molecular formula is C26H27FN4O4. The summed E-state index contributed by atoms with van der Waals surface area (Å²) in [6, 6.07) is 11.7. The van der Waals surface area contributed by atoms with Crippen molar-refractivity contribution in [1.29, 1.82) is 0 Å². The molecule has 3 aliphatic heterocycles. The van der Waals surface area contributed by atoms with Crippen LogP contribution in [0.4, 0.5) is 14.9 Å². The molecule has 182 valence electrons. The monoisotopic (exact) mass is 478 g/mol. The van der Waals surface area contributed by atoms with Gasteiger partial charge in [-0.3, -0.25) is 4.79 Å². The fourth-order valence-corrected chi connectivity index (χ4v) is 5.90. The van der Waals surface area contributed by atoms with Gasteiger partial charge in [-0.15, -0.1) is 0 Å². The number of morpholine rings is 1. The van der Waals surface area contributed by atoms with Crippen molar-refractivity contribution in [3.63, 3.8) is 0 Å². The third kappa shape index (κ3) is 3.53. The second-order valence-electron chi connectivity index (χ2n) is 9.56. The number of ether oxygens (including phenoxy) is 2. The number of fused-ring (bicyclic) bond motifs is 6. The topological polar surface area (TPSA) is 86.9 Å². The van der Waals surface area contributed by atoms with Gasteiger partial charge in [0.1, 0.15) is 18.2 Å². The largest absolute Gasteiger partial charge is 0.497 e. The average Bonchev–Trinajstić information content (AvgIpc) is 3.27. The number of amides is 3. The molecule has 2 saturated heterocycles. The van der Waals surface area contributed by atoms with E-state index < -0.39 is 5.82 Å². The Morgan fingerprint density at radius 2 is 2.03 bits per heavy atom. The van der Waals surface area contributed by atoms with E-state index in [0.29, 0.717) is 39.1 Å². The minimum atomic E-state index is -0.461. The first-order valence-electron chi connectivity index (χ1n) is 11.9. The van der Waals surface area contributed by atoms with Crippen LogP contribution in [-0.4, -0.2) is 66.7 Å². The predicted molar refractivity (Wildman–Crippen MR) is 128 cm³/mol. The quantitative estimate of drug-likeness (QED) is 0.587. The summed E-state index contributed by atoms with van der Waals surface area (Å²) < 4.78 is 25.1. The summed E-state index contributed by atoms with van der Waals surface area (Å²) in [6.07, 6.45) is 1.39. The van der Waals surface area contributed by atoms with E-state index in [1.54, 1.807) is 30.2 Å². The van der Waals surface area contributed by atoms with Gasteiger partial charge < -0.3 is 29.6 Å². The van der Waals surface area contributed by atoms with E-state index in [1.165, 1.54) is 11.6 Å². The standard InChI is InChI=1S/C26H27FN4O4/c1-34-16-6-7-17-20(12-16)28-24-21-13-35-14-22(32)31(21)15-26(23(17)24)8-10-30(11-9-26)25(33)29-19-5-3-2-4-18(19)27/h2-7,12,21,28H,8-11,13-15H2,1H3,(H,29,33). The minimum absolute atomic E-state index is 0.0118. The van der Waals surface area contributed by atoms with Gasteiger partial charge in [0.05, 0.1) is 25.4 Å². The van der Waals surface area contributed by atoms with Crippen molar-refractivity contribution >= 4 is 28.5 Å². The molecule has 1 spiro atoms. The van der Waals surface area contributed by atoms with E-state index in [-0.39, 0.29) is 35.7 Å². The maximum Gasteiger partial charge on any atom is 0.321 e. The van der Waals surface area contributed by atoms with Crippen LogP contribution < -0.4 is 10.1 Å². The van der Waals surface area contributed by atoms with Gasteiger partial charge in [0.15, 0.2) is 0 Å². The Morgan fingerprint density at radius 1 is 1.23 bits per heavy atom. The van der Waals surface area contributed by atoms with Crippen molar-refractivity contribution in [2.45, 2.75) is 24.3 Å². The lowest BCUT2D eigenvalue weighted by molar-refractivity contribution is -0.152. The zero-order chi connectivity index (χ0) is 24.2. The number of carbonyl (C=O) groups is 2. The molecule has 3 aromatic rings. The second kappa shape index (κ2) is 8.27. The number of urea groups is 1. The molecule has 0 aliphatic carbocycles. The lowest BCUT2D eigenvalue weighted by Crippen LogP contribution is -2.58. The number of methoxy groups -OCH3 is 1. The van der Waals surface area contributed by atoms with Crippen molar-refractivity contribution in [2.75, 3.05) is 45.3 Å². The van der Waals surface area contributed by atoms with Crippen molar-refractivity contribution in [1.82, 2.24) is 14.8 Å². The lowest BCUT2D eigenvalue weighted by atomic mass is 9.68. The van der Waals surface area contributed by atoms with E-state index in [0.717, 1.165) is 22.3 Å². The molecule has 9 heteroatoms. The number of benzene rings is 2. The van der Waals surface area contributed by atoms with Gasteiger partial charge in [0.25, 0.3) is 0 Å². The van der Waals surface area contributed by atoms with Crippen LogP contribution >= 0.6 is 0 Å². The number of anilines is 1. The van der Waals surface area contributed by atoms with Crippen LogP contribution in [-0.2, 0) is 14.9 Å². The van der Waals surface area contributed by atoms with Crippen molar-refractivity contribution in [3.8, 4) is 5.75 Å². The van der Waals surface area contributed by atoms with Crippen molar-refractivity contribution in [2.24, 2.45) is 0 Å². The Hall–Kier alpha value is -3.59. The number of para-hydroxylation sites is 1. The molecule has 1 unspecified atom stereocenters. The number of halogens is 1. The van der Waals surface area contributed by atoms with Crippen LogP contribution in [0.1, 0.15) is 30.1 Å². The zero-order valence-electron chi connectivity index (χ0n) is 19.5. The molecule has 0 bridgehead atoms. The first kappa shape index (κ1) is 21.9.